The van der Waals surface area contributed by atoms with Crippen LogP contribution in [-0.2, 0) is 24.3 Å². The van der Waals surface area contributed by atoms with Crippen LogP contribution in [0.5, 0.6) is 0 Å². The summed E-state index contributed by atoms with van der Waals surface area (Å²) in [5, 5.41) is 20.9. The summed E-state index contributed by atoms with van der Waals surface area (Å²) in [6, 6.07) is 0. The van der Waals surface area contributed by atoms with Gasteiger partial charge >= 0.3 is 5.97 Å². The summed E-state index contributed by atoms with van der Waals surface area (Å²) in [6.45, 7) is 1.13. The Morgan fingerprint density at radius 3 is 2.35 bits per heavy atom. The number of carbonyl (C=O) groups excluding carboxylic acids is 3. The van der Waals surface area contributed by atoms with Crippen molar-refractivity contribution in [2.45, 2.75) is 25.4 Å². The number of carboxylic acid groups (broad SMARTS) is 1. The summed E-state index contributed by atoms with van der Waals surface area (Å²) in [7, 11) is 0. The van der Waals surface area contributed by atoms with Gasteiger partial charge in [-0.25, -0.2) is 14.9 Å². The fraction of sp³-hybridized carbons (Fsp3) is 0.364. The Balaban J connectivity index is 2.89. The van der Waals surface area contributed by atoms with E-state index in [1.165, 1.54) is 5.38 Å². The maximum absolute atomic E-state index is 11.9. The van der Waals surface area contributed by atoms with Crippen molar-refractivity contribution < 1.29 is 29.4 Å². The minimum atomic E-state index is -2.54. The lowest BCUT2D eigenvalue weighted by Gasteiger charge is -2.10. The first-order valence-electron chi connectivity index (χ1n) is 5.39. The normalized spacial score (nSPS) is 13.5. The average molecular weight is 299 g/mol. The highest BCUT2D eigenvalue weighted by molar-refractivity contribution is 7.13. The van der Waals surface area contributed by atoms with E-state index in [1.54, 1.807) is 0 Å². The van der Waals surface area contributed by atoms with Crippen LogP contribution in [0.4, 0.5) is 5.13 Å². The van der Waals surface area contributed by atoms with Crippen LogP contribution >= 0.6 is 11.3 Å². The average Bonchev–Trinajstić information content (AvgIpc) is 2.73. The summed E-state index contributed by atoms with van der Waals surface area (Å²) in [6.07, 6.45) is -3.46. The molecule has 0 saturated heterocycles. The van der Waals surface area contributed by atoms with Gasteiger partial charge in [-0.2, -0.15) is 0 Å². The van der Waals surface area contributed by atoms with Crippen LogP contribution in [0.2, 0.25) is 0 Å². The molecule has 0 aliphatic rings. The number of Topliss-reactive ketones (excluding diaryl/α,β-unsaturated/α-hetero) is 3. The SMILES string of the molecule is CC(=O)C(C(=O)CC(=O)C([O])C(=O)O)c1csc(N)n1. The van der Waals surface area contributed by atoms with Crippen molar-refractivity contribution in [3.63, 3.8) is 0 Å². The van der Waals surface area contributed by atoms with E-state index in [0.717, 1.165) is 18.3 Å². The molecule has 0 bridgehead atoms. The quantitative estimate of drug-likeness (QED) is 0.663. The molecule has 20 heavy (non-hydrogen) atoms. The van der Waals surface area contributed by atoms with Gasteiger partial charge in [-0.1, -0.05) is 0 Å². The second-order valence-electron chi connectivity index (χ2n) is 3.98. The first-order chi connectivity index (χ1) is 9.23. The first kappa shape index (κ1) is 15.9. The number of thiazole rings is 1. The molecule has 2 atom stereocenters. The van der Waals surface area contributed by atoms with Crippen molar-refractivity contribution in [1.29, 1.82) is 0 Å². The Morgan fingerprint density at radius 1 is 1.35 bits per heavy atom. The maximum atomic E-state index is 11.9. The number of aliphatic carboxylic acids is 1. The summed E-state index contributed by atoms with van der Waals surface area (Å²) >= 11 is 1.02. The highest BCUT2D eigenvalue weighted by Gasteiger charge is 2.33. The van der Waals surface area contributed by atoms with Crippen molar-refractivity contribution in [2.24, 2.45) is 0 Å². The lowest BCUT2D eigenvalue weighted by molar-refractivity contribution is -0.156. The number of hydrogen-bond donors (Lipinski definition) is 2. The van der Waals surface area contributed by atoms with Gasteiger partial charge in [0.05, 0.1) is 12.1 Å². The van der Waals surface area contributed by atoms with E-state index in [9.17, 15) is 24.3 Å². The van der Waals surface area contributed by atoms with Crippen LogP contribution in [0.1, 0.15) is 25.0 Å². The summed E-state index contributed by atoms with van der Waals surface area (Å²) in [5.74, 6) is -5.90. The summed E-state index contributed by atoms with van der Waals surface area (Å²) in [4.78, 5) is 48.8. The van der Waals surface area contributed by atoms with E-state index in [-0.39, 0.29) is 10.8 Å². The Kier molecular flexibility index (Phi) is 5.06. The molecular weight excluding hydrogens is 288 g/mol. The predicted octanol–water partition coefficient (Wildman–Crippen LogP) is -0.190. The molecule has 0 fully saturated rings. The molecule has 0 aromatic carbocycles. The number of carbonyl (C=O) groups is 4. The third kappa shape index (κ3) is 3.68. The van der Waals surface area contributed by atoms with Crippen molar-refractivity contribution in [3.05, 3.63) is 11.1 Å². The van der Waals surface area contributed by atoms with E-state index in [0.29, 0.717) is 0 Å². The molecule has 2 unspecified atom stereocenters. The molecular formula is C11H11N2O6S. The smallest absolute Gasteiger partial charge is 0.344 e. The molecule has 1 aromatic heterocycles. The predicted molar refractivity (Wildman–Crippen MR) is 66.7 cm³/mol. The molecule has 1 heterocycles. The van der Waals surface area contributed by atoms with E-state index >= 15 is 0 Å². The fourth-order valence-corrected chi connectivity index (χ4v) is 2.13. The van der Waals surface area contributed by atoms with Gasteiger partial charge in [-0.3, -0.25) is 14.4 Å². The number of nitrogen functional groups attached to an aromatic ring is 1. The number of nitrogens with two attached hydrogens (primary N) is 1. The number of nitrogens with zero attached hydrogens (tertiary/aromatic N) is 1. The molecule has 107 valence electrons. The minimum Gasteiger partial charge on any atom is -0.479 e. The standard InChI is InChI=1S/C11H11N2O6S/c1-4(14)8(5-3-20-11(12)13-5)6(15)2-7(16)9(17)10(18)19/h3,8-9H,2H2,1H3,(H2,12,13)(H,18,19). The van der Waals surface area contributed by atoms with Crippen LogP contribution in [0, 0.1) is 0 Å². The van der Waals surface area contributed by atoms with Gasteiger partial charge < -0.3 is 10.8 Å². The lowest BCUT2D eigenvalue weighted by atomic mass is 9.92. The second-order valence-corrected chi connectivity index (χ2v) is 4.87. The van der Waals surface area contributed by atoms with Gasteiger partial charge in [0.2, 0.25) is 6.10 Å². The number of carboxylic acids is 1. The Morgan fingerprint density at radius 2 is 1.95 bits per heavy atom. The van der Waals surface area contributed by atoms with Crippen molar-refractivity contribution in [1.82, 2.24) is 4.98 Å². The largest absolute Gasteiger partial charge is 0.479 e. The van der Waals surface area contributed by atoms with Crippen LogP contribution in [0.15, 0.2) is 5.38 Å². The van der Waals surface area contributed by atoms with Gasteiger partial charge in [-0.15, -0.1) is 11.3 Å². The van der Waals surface area contributed by atoms with Crippen LogP contribution in [-0.4, -0.2) is 39.5 Å². The Hall–Kier alpha value is -2.13. The summed E-state index contributed by atoms with van der Waals surface area (Å²) < 4.78 is 0. The molecule has 8 nitrogen and oxygen atoms in total. The zero-order valence-electron chi connectivity index (χ0n) is 10.4. The second kappa shape index (κ2) is 6.35. The van der Waals surface area contributed by atoms with Gasteiger partial charge in [0.1, 0.15) is 11.7 Å². The highest BCUT2D eigenvalue weighted by Crippen LogP contribution is 2.23. The number of ketones is 3. The molecule has 1 radical (unpaired) electrons. The van der Waals surface area contributed by atoms with E-state index < -0.39 is 41.8 Å². The molecule has 9 heteroatoms. The topological polar surface area (TPSA) is 147 Å². The molecule has 0 saturated carbocycles. The van der Waals surface area contributed by atoms with E-state index in [1.807, 2.05) is 0 Å². The van der Waals surface area contributed by atoms with Gasteiger partial charge in [0.25, 0.3) is 0 Å². The lowest BCUT2D eigenvalue weighted by Crippen LogP contribution is -2.32. The van der Waals surface area contributed by atoms with E-state index in [4.69, 9.17) is 10.8 Å². The third-order valence-corrected chi connectivity index (χ3v) is 3.12. The molecule has 0 amide bonds. The van der Waals surface area contributed by atoms with Crippen molar-refractivity contribution >= 4 is 39.8 Å². The highest BCUT2D eigenvalue weighted by atomic mass is 32.1. The molecule has 1 rings (SSSR count). The van der Waals surface area contributed by atoms with Gasteiger partial charge in [0, 0.05) is 5.38 Å². The Labute approximate surface area is 117 Å². The van der Waals surface area contributed by atoms with Gasteiger partial charge in [-0.05, 0) is 6.92 Å². The monoisotopic (exact) mass is 299 g/mol. The van der Waals surface area contributed by atoms with E-state index in [2.05, 4.69) is 4.98 Å². The summed E-state index contributed by atoms with van der Waals surface area (Å²) in [5.41, 5.74) is 5.49. The maximum Gasteiger partial charge on any atom is 0.344 e. The number of aromatic nitrogens is 1. The van der Waals surface area contributed by atoms with Gasteiger partial charge in [0.15, 0.2) is 16.7 Å². The molecule has 1 aromatic rings. The van der Waals surface area contributed by atoms with Crippen LogP contribution in [0.3, 0.4) is 0 Å². The number of rotatable bonds is 7. The molecule has 0 spiro atoms. The van der Waals surface area contributed by atoms with Crippen LogP contribution < -0.4 is 5.73 Å². The zero-order chi connectivity index (χ0) is 15.4. The number of hydrogen-bond acceptors (Lipinski definition) is 7. The molecule has 0 aliphatic carbocycles. The first-order valence-corrected chi connectivity index (χ1v) is 6.27. The molecule has 0 aliphatic heterocycles. The van der Waals surface area contributed by atoms with Crippen molar-refractivity contribution in [2.75, 3.05) is 5.73 Å². The minimum absolute atomic E-state index is 0.0931. The Bertz CT molecular complexity index is 567. The van der Waals surface area contributed by atoms with Crippen LogP contribution in [0.25, 0.3) is 0 Å². The zero-order valence-corrected chi connectivity index (χ0v) is 11.2. The molecule has 3 N–H and O–H groups in total. The van der Waals surface area contributed by atoms with Crippen molar-refractivity contribution in [3.8, 4) is 0 Å². The third-order valence-electron chi connectivity index (χ3n) is 2.43. The number of anilines is 1. The fourth-order valence-electron chi connectivity index (χ4n) is 1.54.